The number of piperidine rings is 1. The van der Waals surface area contributed by atoms with E-state index in [0.29, 0.717) is 25.2 Å². The van der Waals surface area contributed by atoms with Crippen LogP contribution in [0.5, 0.6) is 0 Å². The van der Waals surface area contributed by atoms with Crippen molar-refractivity contribution in [3.05, 3.63) is 35.1 Å². The van der Waals surface area contributed by atoms with E-state index in [4.69, 9.17) is 5.73 Å². The van der Waals surface area contributed by atoms with Gasteiger partial charge in [-0.3, -0.25) is 4.79 Å². The van der Waals surface area contributed by atoms with Gasteiger partial charge in [-0.25, -0.2) is 4.39 Å². The number of nitrogens with zero attached hydrogens (tertiary/aromatic N) is 1. The van der Waals surface area contributed by atoms with Gasteiger partial charge in [0.15, 0.2) is 0 Å². The first-order valence-electron chi connectivity index (χ1n) is 7.11. The van der Waals surface area contributed by atoms with E-state index in [1.54, 1.807) is 0 Å². The first-order valence-corrected chi connectivity index (χ1v) is 7.11. The second kappa shape index (κ2) is 6.24. The number of benzene rings is 1. The molecule has 1 aromatic carbocycles. The molecule has 1 aromatic rings. The van der Waals surface area contributed by atoms with Gasteiger partial charge in [0, 0.05) is 24.7 Å². The van der Waals surface area contributed by atoms with Crippen molar-refractivity contribution in [2.75, 3.05) is 13.1 Å². The molecule has 2 rings (SSSR count). The Hall–Kier alpha value is -1.63. The van der Waals surface area contributed by atoms with E-state index >= 15 is 0 Å². The number of likely N-dealkylation sites (tertiary alicyclic amines) is 1. The average molecular weight is 318 g/mol. The van der Waals surface area contributed by atoms with Gasteiger partial charge in [0.1, 0.15) is 5.82 Å². The maximum absolute atomic E-state index is 13.4. The third-order valence-corrected chi connectivity index (χ3v) is 3.96. The largest absolute Gasteiger partial charge is 0.416 e. The maximum Gasteiger partial charge on any atom is 0.416 e. The summed E-state index contributed by atoms with van der Waals surface area (Å²) in [6.07, 6.45) is -3.08. The Morgan fingerprint density at radius 1 is 1.36 bits per heavy atom. The standard InChI is InChI=1S/C15H18F4N2O/c1-9(20)10-3-2-4-21(8-10)14(22)11-5-12(15(17,18)19)7-13(16)6-11/h5-7,9-10H,2-4,8,20H2,1H3/t9-,10+/m0/s1. The highest BCUT2D eigenvalue weighted by atomic mass is 19.4. The summed E-state index contributed by atoms with van der Waals surface area (Å²) in [7, 11) is 0. The van der Waals surface area contributed by atoms with Gasteiger partial charge in [-0.1, -0.05) is 0 Å². The molecule has 0 radical (unpaired) electrons. The van der Waals surface area contributed by atoms with Gasteiger partial charge in [0.2, 0.25) is 0 Å². The lowest BCUT2D eigenvalue weighted by Crippen LogP contribution is -2.45. The van der Waals surface area contributed by atoms with Crippen LogP contribution in [0.25, 0.3) is 0 Å². The lowest BCUT2D eigenvalue weighted by atomic mass is 9.92. The fourth-order valence-corrected chi connectivity index (χ4v) is 2.68. The molecule has 7 heteroatoms. The third kappa shape index (κ3) is 3.76. The number of hydrogen-bond acceptors (Lipinski definition) is 2. The van der Waals surface area contributed by atoms with Crippen LogP contribution in [0.3, 0.4) is 0 Å². The zero-order valence-corrected chi connectivity index (χ0v) is 12.2. The molecule has 1 heterocycles. The summed E-state index contributed by atoms with van der Waals surface area (Å²) in [6.45, 7) is 2.66. The van der Waals surface area contributed by atoms with Gasteiger partial charge >= 0.3 is 6.18 Å². The number of hydrogen-bond donors (Lipinski definition) is 1. The van der Waals surface area contributed by atoms with Crippen molar-refractivity contribution in [1.82, 2.24) is 4.90 Å². The van der Waals surface area contributed by atoms with Crippen LogP contribution in [0.2, 0.25) is 0 Å². The normalized spacial score (nSPS) is 20.8. The molecule has 2 atom stereocenters. The van der Waals surface area contributed by atoms with Crippen LogP contribution < -0.4 is 5.73 Å². The van der Waals surface area contributed by atoms with E-state index in [9.17, 15) is 22.4 Å². The van der Waals surface area contributed by atoms with E-state index in [1.807, 2.05) is 6.92 Å². The molecule has 0 unspecified atom stereocenters. The zero-order chi connectivity index (χ0) is 16.5. The summed E-state index contributed by atoms with van der Waals surface area (Å²) < 4.78 is 51.5. The highest BCUT2D eigenvalue weighted by molar-refractivity contribution is 5.94. The number of carbonyl (C=O) groups excluding carboxylic acids is 1. The molecule has 3 nitrogen and oxygen atoms in total. The molecule has 0 bridgehead atoms. The van der Waals surface area contributed by atoms with Crippen molar-refractivity contribution in [3.8, 4) is 0 Å². The quantitative estimate of drug-likeness (QED) is 0.852. The van der Waals surface area contributed by atoms with E-state index in [-0.39, 0.29) is 17.5 Å². The molecule has 2 N–H and O–H groups in total. The van der Waals surface area contributed by atoms with Crippen LogP contribution in [0.15, 0.2) is 18.2 Å². The van der Waals surface area contributed by atoms with E-state index in [1.165, 1.54) is 4.90 Å². The molecule has 1 amide bonds. The fraction of sp³-hybridized carbons (Fsp3) is 0.533. The summed E-state index contributed by atoms with van der Waals surface area (Å²) >= 11 is 0. The Bertz CT molecular complexity index is 557. The van der Waals surface area contributed by atoms with Crippen LogP contribution in [-0.4, -0.2) is 29.9 Å². The molecule has 0 spiro atoms. The second-order valence-corrected chi connectivity index (χ2v) is 5.74. The molecule has 22 heavy (non-hydrogen) atoms. The number of carbonyl (C=O) groups is 1. The Morgan fingerprint density at radius 3 is 2.64 bits per heavy atom. The number of alkyl halides is 3. The molecule has 122 valence electrons. The van der Waals surface area contributed by atoms with E-state index < -0.39 is 23.5 Å². The van der Waals surface area contributed by atoms with Crippen LogP contribution in [0.4, 0.5) is 17.6 Å². The van der Waals surface area contributed by atoms with Gasteiger partial charge < -0.3 is 10.6 Å². The molecule has 1 aliphatic rings. The van der Waals surface area contributed by atoms with Gasteiger partial charge in [0.05, 0.1) is 5.56 Å². The SMILES string of the molecule is C[C@H](N)[C@@H]1CCCN(C(=O)c2cc(F)cc(C(F)(F)F)c2)C1. The first kappa shape index (κ1) is 16.7. The lowest BCUT2D eigenvalue weighted by Gasteiger charge is -2.34. The fourth-order valence-electron chi connectivity index (χ4n) is 2.68. The first-order chi connectivity index (χ1) is 10.2. The van der Waals surface area contributed by atoms with E-state index in [2.05, 4.69) is 0 Å². The molecule has 1 aliphatic heterocycles. The third-order valence-electron chi connectivity index (χ3n) is 3.96. The maximum atomic E-state index is 13.4. The van der Waals surface area contributed by atoms with Gasteiger partial charge in [-0.05, 0) is 43.9 Å². The van der Waals surface area contributed by atoms with Crippen molar-refractivity contribution in [2.24, 2.45) is 11.7 Å². The van der Waals surface area contributed by atoms with Crippen molar-refractivity contribution in [1.29, 1.82) is 0 Å². The van der Waals surface area contributed by atoms with Gasteiger partial charge in [-0.15, -0.1) is 0 Å². The summed E-state index contributed by atoms with van der Waals surface area (Å²) in [4.78, 5) is 13.8. The summed E-state index contributed by atoms with van der Waals surface area (Å²) in [6, 6.07) is 1.82. The Labute approximate surface area is 126 Å². The van der Waals surface area contributed by atoms with Crippen molar-refractivity contribution in [2.45, 2.75) is 32.0 Å². The lowest BCUT2D eigenvalue weighted by molar-refractivity contribution is -0.137. The summed E-state index contributed by atoms with van der Waals surface area (Å²) in [5.74, 6) is -1.55. The van der Waals surface area contributed by atoms with E-state index in [0.717, 1.165) is 18.9 Å². The minimum absolute atomic E-state index is 0.103. The Kier molecular flexibility index (Phi) is 4.75. The Balaban J connectivity index is 2.24. The molecular weight excluding hydrogens is 300 g/mol. The molecule has 0 saturated carbocycles. The highest BCUT2D eigenvalue weighted by Crippen LogP contribution is 2.31. The van der Waals surface area contributed by atoms with Gasteiger partial charge in [-0.2, -0.15) is 13.2 Å². The molecule has 0 aromatic heterocycles. The van der Waals surface area contributed by atoms with Gasteiger partial charge in [0.25, 0.3) is 5.91 Å². The topological polar surface area (TPSA) is 46.3 Å². The number of amides is 1. The number of nitrogens with two attached hydrogens (primary N) is 1. The highest BCUT2D eigenvalue weighted by Gasteiger charge is 2.33. The summed E-state index contributed by atoms with van der Waals surface area (Å²) in [5.41, 5.74) is 4.39. The van der Waals surface area contributed by atoms with Crippen LogP contribution in [-0.2, 0) is 6.18 Å². The summed E-state index contributed by atoms with van der Waals surface area (Å²) in [5, 5.41) is 0. The molecular formula is C15H18F4N2O. The predicted octanol–water partition coefficient (Wildman–Crippen LogP) is 3.04. The van der Waals surface area contributed by atoms with Crippen molar-refractivity contribution in [3.63, 3.8) is 0 Å². The minimum atomic E-state index is -4.69. The second-order valence-electron chi connectivity index (χ2n) is 5.74. The van der Waals surface area contributed by atoms with Crippen LogP contribution >= 0.6 is 0 Å². The molecule has 1 fully saturated rings. The van der Waals surface area contributed by atoms with Crippen LogP contribution in [0, 0.1) is 11.7 Å². The smallest absolute Gasteiger partial charge is 0.338 e. The average Bonchev–Trinajstić information content (AvgIpc) is 2.45. The predicted molar refractivity (Wildman–Crippen MR) is 73.7 cm³/mol. The monoisotopic (exact) mass is 318 g/mol. The van der Waals surface area contributed by atoms with Crippen LogP contribution in [0.1, 0.15) is 35.7 Å². The minimum Gasteiger partial charge on any atom is -0.338 e. The Morgan fingerprint density at radius 2 is 2.05 bits per heavy atom. The zero-order valence-electron chi connectivity index (χ0n) is 12.2. The molecule has 1 saturated heterocycles. The number of halogens is 4. The van der Waals surface area contributed by atoms with Crippen molar-refractivity contribution >= 4 is 5.91 Å². The van der Waals surface area contributed by atoms with Crippen molar-refractivity contribution < 1.29 is 22.4 Å². The molecule has 0 aliphatic carbocycles. The number of rotatable bonds is 2.